The number of carbonyl (C=O) groups is 1. The molecule has 3 heterocycles. The topological polar surface area (TPSA) is 96.1 Å². The number of nitriles is 1. The smallest absolute Gasteiger partial charge is 0.372 e. The van der Waals surface area contributed by atoms with Crippen molar-refractivity contribution in [3.63, 3.8) is 0 Å². The lowest BCUT2D eigenvalue weighted by Crippen LogP contribution is -2.49. The highest BCUT2D eigenvalue weighted by molar-refractivity contribution is 6.10. The number of nitrogens with zero attached hydrogens (tertiary/aromatic N) is 5. The summed E-state index contributed by atoms with van der Waals surface area (Å²) in [5, 5.41) is 20.9. The maximum atomic E-state index is 14.3. The summed E-state index contributed by atoms with van der Waals surface area (Å²) in [7, 11) is 1.86. The van der Waals surface area contributed by atoms with E-state index in [2.05, 4.69) is 21.6 Å². The molecule has 2 aliphatic heterocycles. The van der Waals surface area contributed by atoms with Crippen LogP contribution in [0, 0.1) is 17.2 Å². The van der Waals surface area contributed by atoms with Gasteiger partial charge in [-0.15, -0.1) is 10.2 Å². The SMILES string of the molecule is Cn1cnnc1CC1(c2cccc(N3Cc4c(cc(CC5(C)CNCCO5)cc4C(F)(F)F)C3=O)c2)CC(C#N)C1. The predicted octanol–water partition coefficient (Wildman–Crippen LogP) is 4.33. The predicted molar refractivity (Wildman–Crippen MR) is 144 cm³/mol. The van der Waals surface area contributed by atoms with Crippen LogP contribution in [0.2, 0.25) is 0 Å². The van der Waals surface area contributed by atoms with E-state index in [1.165, 1.54) is 11.0 Å². The zero-order chi connectivity index (χ0) is 29.0. The van der Waals surface area contributed by atoms with Gasteiger partial charge < -0.3 is 19.5 Å². The molecule has 1 aromatic heterocycles. The summed E-state index contributed by atoms with van der Waals surface area (Å²) in [6.45, 7) is 3.38. The van der Waals surface area contributed by atoms with Crippen LogP contribution in [0.3, 0.4) is 0 Å². The van der Waals surface area contributed by atoms with Crippen molar-refractivity contribution in [3.8, 4) is 6.07 Å². The number of aromatic nitrogens is 3. The molecule has 1 saturated carbocycles. The summed E-state index contributed by atoms with van der Waals surface area (Å²) in [6, 6.07) is 12.5. The Kier molecular flexibility index (Phi) is 6.66. The van der Waals surface area contributed by atoms with E-state index < -0.39 is 23.2 Å². The lowest BCUT2D eigenvalue weighted by molar-refractivity contribution is -0.138. The third-order valence-corrected chi connectivity index (χ3v) is 8.74. The van der Waals surface area contributed by atoms with E-state index in [4.69, 9.17) is 4.74 Å². The van der Waals surface area contributed by atoms with E-state index >= 15 is 0 Å². The molecule has 1 unspecified atom stereocenters. The number of alkyl halides is 3. The number of nitrogens with one attached hydrogen (secondary N) is 1. The minimum atomic E-state index is -4.61. The van der Waals surface area contributed by atoms with Crippen LogP contribution in [0.15, 0.2) is 42.7 Å². The molecule has 3 aromatic rings. The van der Waals surface area contributed by atoms with Gasteiger partial charge in [0.2, 0.25) is 0 Å². The maximum absolute atomic E-state index is 14.3. The Labute approximate surface area is 236 Å². The fraction of sp³-hybridized carbons (Fsp3) is 0.467. The molecule has 1 saturated heterocycles. The Balaban J connectivity index is 1.33. The number of amides is 1. The molecule has 1 amide bonds. The normalized spacial score (nSPS) is 26.0. The minimum absolute atomic E-state index is 0.00789. The highest BCUT2D eigenvalue weighted by Gasteiger charge is 2.47. The molecule has 0 spiro atoms. The van der Waals surface area contributed by atoms with Gasteiger partial charge in [0.1, 0.15) is 12.2 Å². The van der Waals surface area contributed by atoms with E-state index in [0.29, 0.717) is 50.2 Å². The van der Waals surface area contributed by atoms with E-state index in [9.17, 15) is 23.2 Å². The maximum Gasteiger partial charge on any atom is 0.416 e. The van der Waals surface area contributed by atoms with Gasteiger partial charge in [0.05, 0.1) is 30.4 Å². The molecule has 2 aromatic carbocycles. The van der Waals surface area contributed by atoms with E-state index in [1.54, 1.807) is 18.5 Å². The molecule has 0 radical (unpaired) electrons. The second-order valence-electron chi connectivity index (χ2n) is 11.8. The highest BCUT2D eigenvalue weighted by Crippen LogP contribution is 2.50. The van der Waals surface area contributed by atoms with Crippen molar-refractivity contribution in [1.82, 2.24) is 20.1 Å². The van der Waals surface area contributed by atoms with Gasteiger partial charge in [-0.25, -0.2) is 0 Å². The minimum Gasteiger partial charge on any atom is -0.372 e. The number of benzene rings is 2. The molecule has 2 fully saturated rings. The quantitative estimate of drug-likeness (QED) is 0.479. The van der Waals surface area contributed by atoms with Crippen LogP contribution in [0.4, 0.5) is 18.9 Å². The number of halogens is 3. The molecule has 6 rings (SSSR count). The van der Waals surface area contributed by atoms with E-state index in [1.807, 2.05) is 36.7 Å². The number of ether oxygens (including phenoxy) is 1. The van der Waals surface area contributed by atoms with E-state index in [-0.39, 0.29) is 35.4 Å². The fourth-order valence-electron chi connectivity index (χ4n) is 6.58. The number of aryl methyl sites for hydroxylation is 1. The summed E-state index contributed by atoms with van der Waals surface area (Å²) in [5.74, 6) is 0.232. The van der Waals surface area contributed by atoms with Crippen molar-refractivity contribution < 1.29 is 22.7 Å². The number of rotatable bonds is 6. The fourth-order valence-corrected chi connectivity index (χ4v) is 6.58. The van der Waals surface area contributed by atoms with Crippen molar-refractivity contribution >= 4 is 11.6 Å². The molecule has 3 aliphatic rings. The average molecular weight is 565 g/mol. The first-order valence-corrected chi connectivity index (χ1v) is 13.7. The number of hydrogen-bond donors (Lipinski definition) is 1. The number of morpholine rings is 1. The zero-order valence-corrected chi connectivity index (χ0v) is 23.0. The van der Waals surface area contributed by atoms with Gasteiger partial charge in [0.25, 0.3) is 5.91 Å². The van der Waals surface area contributed by atoms with E-state index in [0.717, 1.165) is 11.4 Å². The molecule has 1 atom stereocenters. The molecular formula is C30H31F3N6O2. The van der Waals surface area contributed by atoms with Crippen molar-refractivity contribution in [1.29, 1.82) is 5.26 Å². The molecule has 1 aliphatic carbocycles. The summed E-state index contributed by atoms with van der Waals surface area (Å²) >= 11 is 0. The Morgan fingerprint density at radius 3 is 2.68 bits per heavy atom. The molecular weight excluding hydrogens is 533 g/mol. The van der Waals surface area contributed by atoms with Gasteiger partial charge in [-0.1, -0.05) is 12.1 Å². The van der Waals surface area contributed by atoms with Crippen LogP contribution in [-0.2, 0) is 42.8 Å². The van der Waals surface area contributed by atoms with Gasteiger partial charge in [0.15, 0.2) is 0 Å². The highest BCUT2D eigenvalue weighted by atomic mass is 19.4. The van der Waals surface area contributed by atoms with Crippen molar-refractivity contribution in [2.45, 2.75) is 56.3 Å². The van der Waals surface area contributed by atoms with Gasteiger partial charge >= 0.3 is 6.18 Å². The molecule has 41 heavy (non-hydrogen) atoms. The third kappa shape index (κ3) is 5.00. The molecule has 8 nitrogen and oxygen atoms in total. The number of carbonyl (C=O) groups excluding carboxylic acids is 1. The summed E-state index contributed by atoms with van der Waals surface area (Å²) in [5.41, 5.74) is 0.140. The van der Waals surface area contributed by atoms with Crippen LogP contribution in [0.1, 0.15) is 58.2 Å². The average Bonchev–Trinajstić information content (AvgIpc) is 3.47. The first kappa shape index (κ1) is 27.4. The Morgan fingerprint density at radius 1 is 1.22 bits per heavy atom. The van der Waals surface area contributed by atoms with Gasteiger partial charge in [-0.05, 0) is 60.7 Å². The number of hydrogen-bond acceptors (Lipinski definition) is 6. The van der Waals surface area contributed by atoms with Crippen LogP contribution < -0.4 is 10.2 Å². The number of anilines is 1. The zero-order valence-electron chi connectivity index (χ0n) is 23.0. The lowest BCUT2D eigenvalue weighted by atomic mass is 9.57. The van der Waals surface area contributed by atoms with Crippen LogP contribution in [0.5, 0.6) is 0 Å². The van der Waals surface area contributed by atoms with Gasteiger partial charge in [-0.3, -0.25) is 4.79 Å². The lowest BCUT2D eigenvalue weighted by Gasteiger charge is -2.45. The summed E-state index contributed by atoms with van der Waals surface area (Å²) in [4.78, 5) is 15.1. The summed E-state index contributed by atoms with van der Waals surface area (Å²) in [6.07, 6.45) is -0.899. The van der Waals surface area contributed by atoms with Gasteiger partial charge in [-0.2, -0.15) is 18.4 Å². The largest absolute Gasteiger partial charge is 0.416 e. The van der Waals surface area contributed by atoms with Crippen LogP contribution >= 0.6 is 0 Å². The Morgan fingerprint density at radius 2 is 2.02 bits per heavy atom. The first-order chi connectivity index (χ1) is 19.5. The number of fused-ring (bicyclic) bond motifs is 1. The monoisotopic (exact) mass is 564 g/mol. The van der Waals surface area contributed by atoms with Crippen molar-refractivity contribution in [2.24, 2.45) is 13.0 Å². The standard InChI is InChI=1S/C30H31F3N6O2/c1-28(17-35-6-7-41-28)11-19-8-23-24(25(9-19)30(31,32)33)16-39(27(23)40)22-5-3-4-21(10-22)29(12-20(13-29)15-34)14-26-37-36-18-38(26)2/h3-5,8-10,18,20,35H,6-7,11-14,16-17H2,1-2H3. The molecule has 0 bridgehead atoms. The Bertz CT molecular complexity index is 1530. The molecule has 11 heteroatoms. The van der Waals surface area contributed by atoms with Crippen LogP contribution in [0.25, 0.3) is 0 Å². The van der Waals surface area contributed by atoms with Crippen molar-refractivity contribution in [2.75, 3.05) is 24.6 Å². The Hall–Kier alpha value is -3.75. The van der Waals surface area contributed by atoms with Crippen LogP contribution in [-0.4, -0.2) is 46.0 Å². The third-order valence-electron chi connectivity index (χ3n) is 8.74. The molecule has 214 valence electrons. The van der Waals surface area contributed by atoms with Gasteiger partial charge in [0, 0.05) is 55.6 Å². The second kappa shape index (κ2) is 9.96. The first-order valence-electron chi connectivity index (χ1n) is 13.7. The molecule has 1 N–H and O–H groups in total. The summed E-state index contributed by atoms with van der Waals surface area (Å²) < 4.78 is 50.6. The second-order valence-corrected chi connectivity index (χ2v) is 11.8. The van der Waals surface area contributed by atoms with Crippen molar-refractivity contribution in [3.05, 3.63) is 76.4 Å².